The van der Waals surface area contributed by atoms with E-state index in [2.05, 4.69) is 23.8 Å². The molecule has 0 atom stereocenters. The van der Waals surface area contributed by atoms with E-state index in [1.54, 1.807) is 0 Å². The number of aromatic nitrogens is 2. The van der Waals surface area contributed by atoms with Gasteiger partial charge in [-0.25, -0.2) is 0 Å². The fourth-order valence-electron chi connectivity index (χ4n) is 2.85. The molecule has 0 N–H and O–H groups in total. The van der Waals surface area contributed by atoms with E-state index in [0.717, 1.165) is 18.8 Å². The van der Waals surface area contributed by atoms with Gasteiger partial charge in [0, 0.05) is 25.7 Å². The molecule has 3 nitrogen and oxygen atoms in total. The Morgan fingerprint density at radius 3 is 2.71 bits per heavy atom. The zero-order valence-corrected chi connectivity index (χ0v) is 12.0. The predicted molar refractivity (Wildman–Crippen MR) is 72.7 cm³/mol. The van der Waals surface area contributed by atoms with Gasteiger partial charge in [-0.3, -0.25) is 4.68 Å². The van der Waals surface area contributed by atoms with Crippen LogP contribution in [0.25, 0.3) is 0 Å². The van der Waals surface area contributed by atoms with Crippen molar-refractivity contribution in [1.29, 1.82) is 0 Å². The molecule has 1 aliphatic heterocycles. The Labute approximate surface area is 109 Å². The maximum Gasteiger partial charge on any atom is 0.131 e. The molecule has 0 aliphatic carbocycles. The van der Waals surface area contributed by atoms with Gasteiger partial charge in [-0.2, -0.15) is 5.10 Å². The van der Waals surface area contributed by atoms with Crippen molar-refractivity contribution in [2.75, 3.05) is 18.0 Å². The van der Waals surface area contributed by atoms with Gasteiger partial charge in [0.15, 0.2) is 0 Å². The minimum Gasteiger partial charge on any atom is -0.356 e. The molecule has 2 heterocycles. The molecule has 0 unspecified atom stereocenters. The number of piperidine rings is 1. The lowest BCUT2D eigenvalue weighted by atomic mass is 9.84. The van der Waals surface area contributed by atoms with Gasteiger partial charge in [-0.15, -0.1) is 11.6 Å². The summed E-state index contributed by atoms with van der Waals surface area (Å²) in [4.78, 5) is 2.45. The number of alkyl halides is 1. The lowest BCUT2D eigenvalue weighted by Crippen LogP contribution is -2.41. The highest BCUT2D eigenvalue weighted by Gasteiger charge is 2.29. The number of nitrogens with zero attached hydrogens (tertiary/aromatic N) is 3. The van der Waals surface area contributed by atoms with Gasteiger partial charge < -0.3 is 4.90 Å². The van der Waals surface area contributed by atoms with E-state index >= 15 is 0 Å². The first kappa shape index (κ1) is 12.7. The largest absolute Gasteiger partial charge is 0.356 e. The summed E-state index contributed by atoms with van der Waals surface area (Å²) in [7, 11) is 2.01. The van der Waals surface area contributed by atoms with Crippen molar-refractivity contribution in [3.63, 3.8) is 0 Å². The Hall–Kier alpha value is -0.700. The molecule has 4 heteroatoms. The van der Waals surface area contributed by atoms with E-state index in [9.17, 15) is 0 Å². The number of halogens is 1. The van der Waals surface area contributed by atoms with Crippen molar-refractivity contribution in [2.45, 2.75) is 39.5 Å². The number of hydrogen-bond donors (Lipinski definition) is 0. The van der Waals surface area contributed by atoms with Crippen molar-refractivity contribution in [2.24, 2.45) is 12.5 Å². The van der Waals surface area contributed by atoms with E-state index in [0.29, 0.717) is 11.3 Å². The molecule has 0 aromatic carbocycles. The van der Waals surface area contributed by atoms with E-state index in [1.165, 1.54) is 24.2 Å². The lowest BCUT2D eigenvalue weighted by molar-refractivity contribution is 0.290. The average Bonchev–Trinajstić information content (AvgIpc) is 2.51. The fourth-order valence-corrected chi connectivity index (χ4v) is 3.16. The van der Waals surface area contributed by atoms with Crippen LogP contribution in [-0.2, 0) is 12.9 Å². The Morgan fingerprint density at radius 1 is 1.41 bits per heavy atom. The summed E-state index contributed by atoms with van der Waals surface area (Å²) in [6.07, 6.45) is 2.55. The van der Waals surface area contributed by atoms with Gasteiger partial charge in [0.2, 0.25) is 0 Å². The number of anilines is 1. The van der Waals surface area contributed by atoms with Crippen LogP contribution in [0.2, 0.25) is 0 Å². The van der Waals surface area contributed by atoms with Crippen LogP contribution >= 0.6 is 11.6 Å². The Bertz CT molecular complexity index is 409. The third-order valence-corrected chi connectivity index (χ3v) is 3.91. The molecule has 1 aromatic rings. The van der Waals surface area contributed by atoms with Crippen LogP contribution in [0, 0.1) is 12.3 Å². The van der Waals surface area contributed by atoms with Gasteiger partial charge in [0.25, 0.3) is 0 Å². The molecule has 1 aromatic heterocycles. The zero-order chi connectivity index (χ0) is 12.6. The molecule has 1 fully saturated rings. The third kappa shape index (κ3) is 2.44. The van der Waals surface area contributed by atoms with Gasteiger partial charge in [0.1, 0.15) is 5.82 Å². The lowest BCUT2D eigenvalue weighted by Gasteiger charge is -2.39. The topological polar surface area (TPSA) is 21.1 Å². The van der Waals surface area contributed by atoms with E-state index in [1.807, 2.05) is 18.7 Å². The standard InChI is InChI=1S/C13H22ClN3/c1-10-11(8-14)12(16(4)15-10)17-7-5-6-13(2,3)9-17/h5-9H2,1-4H3. The monoisotopic (exact) mass is 255 g/mol. The molecule has 0 saturated carbocycles. The molecular weight excluding hydrogens is 234 g/mol. The molecule has 1 saturated heterocycles. The van der Waals surface area contributed by atoms with E-state index < -0.39 is 0 Å². The fraction of sp³-hybridized carbons (Fsp3) is 0.769. The number of hydrogen-bond acceptors (Lipinski definition) is 2. The molecule has 0 spiro atoms. The molecular formula is C13H22ClN3. The van der Waals surface area contributed by atoms with E-state index in [4.69, 9.17) is 11.6 Å². The highest BCUT2D eigenvalue weighted by Crippen LogP contribution is 2.34. The van der Waals surface area contributed by atoms with Crippen molar-refractivity contribution in [3.8, 4) is 0 Å². The van der Waals surface area contributed by atoms with Gasteiger partial charge >= 0.3 is 0 Å². The number of rotatable bonds is 2. The number of aryl methyl sites for hydroxylation is 2. The van der Waals surface area contributed by atoms with Crippen LogP contribution in [0.3, 0.4) is 0 Å². The molecule has 0 bridgehead atoms. The summed E-state index contributed by atoms with van der Waals surface area (Å²) in [5, 5.41) is 4.50. The normalized spacial score (nSPS) is 19.7. The van der Waals surface area contributed by atoms with Gasteiger partial charge in [-0.05, 0) is 25.2 Å². The summed E-state index contributed by atoms with van der Waals surface area (Å²) in [5.74, 6) is 1.76. The summed E-state index contributed by atoms with van der Waals surface area (Å²) in [6.45, 7) is 8.92. The zero-order valence-electron chi connectivity index (χ0n) is 11.3. The maximum atomic E-state index is 6.06. The second-order valence-corrected chi connectivity index (χ2v) is 6.10. The van der Waals surface area contributed by atoms with Crippen molar-refractivity contribution >= 4 is 17.4 Å². The van der Waals surface area contributed by atoms with E-state index in [-0.39, 0.29) is 0 Å². The Kier molecular flexibility index (Phi) is 3.39. The first-order valence-corrected chi connectivity index (χ1v) is 6.81. The summed E-state index contributed by atoms with van der Waals surface area (Å²) < 4.78 is 1.98. The molecule has 17 heavy (non-hydrogen) atoms. The first-order chi connectivity index (χ1) is 7.94. The quantitative estimate of drug-likeness (QED) is 0.758. The van der Waals surface area contributed by atoms with Crippen LogP contribution in [0.4, 0.5) is 5.82 Å². The minimum absolute atomic E-state index is 0.389. The van der Waals surface area contributed by atoms with Crippen LogP contribution in [0.1, 0.15) is 37.9 Å². The highest BCUT2D eigenvalue weighted by atomic mass is 35.5. The summed E-state index contributed by atoms with van der Waals surface area (Å²) in [6, 6.07) is 0. The van der Waals surface area contributed by atoms with Crippen molar-refractivity contribution < 1.29 is 0 Å². The van der Waals surface area contributed by atoms with Crippen LogP contribution in [0.15, 0.2) is 0 Å². The summed E-state index contributed by atoms with van der Waals surface area (Å²) in [5.41, 5.74) is 2.63. The highest BCUT2D eigenvalue weighted by molar-refractivity contribution is 6.17. The average molecular weight is 256 g/mol. The smallest absolute Gasteiger partial charge is 0.131 e. The second-order valence-electron chi connectivity index (χ2n) is 5.83. The maximum absolute atomic E-state index is 6.06. The SMILES string of the molecule is Cc1nn(C)c(N2CCCC(C)(C)C2)c1CCl. The molecule has 0 radical (unpaired) electrons. The molecule has 96 valence electrons. The summed E-state index contributed by atoms with van der Waals surface area (Å²) >= 11 is 6.06. The Morgan fingerprint density at radius 2 is 2.12 bits per heavy atom. The molecule has 0 amide bonds. The second kappa shape index (κ2) is 4.52. The van der Waals surface area contributed by atoms with Crippen LogP contribution in [-0.4, -0.2) is 22.9 Å². The van der Waals surface area contributed by atoms with Gasteiger partial charge in [0.05, 0.1) is 11.6 Å². The Balaban J connectivity index is 2.33. The van der Waals surface area contributed by atoms with Crippen LogP contribution < -0.4 is 4.90 Å². The molecule has 2 rings (SSSR count). The third-order valence-electron chi connectivity index (χ3n) is 3.65. The van der Waals surface area contributed by atoms with Crippen molar-refractivity contribution in [1.82, 2.24) is 9.78 Å². The predicted octanol–water partition coefficient (Wildman–Crippen LogP) is 3.09. The minimum atomic E-state index is 0.389. The van der Waals surface area contributed by atoms with Gasteiger partial charge in [-0.1, -0.05) is 13.8 Å². The van der Waals surface area contributed by atoms with Crippen LogP contribution in [0.5, 0.6) is 0 Å². The first-order valence-electron chi connectivity index (χ1n) is 6.28. The van der Waals surface area contributed by atoms with Crippen molar-refractivity contribution in [3.05, 3.63) is 11.3 Å². The molecule has 1 aliphatic rings.